The number of esters is 1. The molecule has 4 rings (SSSR count). The van der Waals surface area contributed by atoms with E-state index in [2.05, 4.69) is 20.3 Å². The molecule has 0 aliphatic carbocycles. The van der Waals surface area contributed by atoms with E-state index in [-0.39, 0.29) is 23.8 Å². The second kappa shape index (κ2) is 13.9. The van der Waals surface area contributed by atoms with Gasteiger partial charge >= 0.3 is 12.3 Å². The van der Waals surface area contributed by atoms with Crippen LogP contribution >= 0.6 is 35.0 Å². The maximum absolute atomic E-state index is 12.5. The van der Waals surface area contributed by atoms with Crippen LogP contribution in [0.4, 0.5) is 24.5 Å². The maximum Gasteiger partial charge on any atom is 0.573 e. The first kappa shape index (κ1) is 31.9. The molecule has 0 bridgehead atoms. The molecule has 1 unspecified atom stereocenters. The quantitative estimate of drug-likeness (QED) is 0.142. The summed E-state index contributed by atoms with van der Waals surface area (Å²) in [5.74, 6) is -1.14. The van der Waals surface area contributed by atoms with Crippen molar-refractivity contribution in [2.24, 2.45) is 10.2 Å². The maximum atomic E-state index is 12.5. The van der Waals surface area contributed by atoms with Crippen molar-refractivity contribution in [3.05, 3.63) is 87.9 Å². The lowest BCUT2D eigenvalue weighted by Gasteiger charge is -2.19. The van der Waals surface area contributed by atoms with Crippen LogP contribution in [-0.2, 0) is 14.3 Å². The van der Waals surface area contributed by atoms with Gasteiger partial charge in [-0.1, -0.05) is 65.3 Å². The molecule has 1 aliphatic rings. The normalized spacial score (nSPS) is 15.2. The molecule has 1 heterocycles. The van der Waals surface area contributed by atoms with Gasteiger partial charge in [-0.05, 0) is 47.5 Å². The van der Waals surface area contributed by atoms with Crippen LogP contribution < -0.4 is 15.0 Å². The van der Waals surface area contributed by atoms with Gasteiger partial charge in [0.05, 0.1) is 34.8 Å². The third kappa shape index (κ3) is 8.49. The highest BCUT2D eigenvalue weighted by atomic mass is 35.5. The Balaban J connectivity index is 1.41. The second-order valence-electron chi connectivity index (χ2n) is 8.81. The minimum atomic E-state index is -4.82. The topological polar surface area (TPSA) is 116 Å². The Labute approximate surface area is 258 Å². The molecule has 0 spiro atoms. The van der Waals surface area contributed by atoms with Crippen molar-refractivity contribution in [1.29, 1.82) is 5.41 Å². The van der Waals surface area contributed by atoms with Gasteiger partial charge in [0.25, 0.3) is 0 Å². The number of carbonyl (C=O) groups is 2. The number of alkyl halides is 3. The number of nitrogens with one attached hydrogen (secondary N) is 2. The van der Waals surface area contributed by atoms with Crippen LogP contribution in [0.5, 0.6) is 5.75 Å². The van der Waals surface area contributed by atoms with Gasteiger partial charge in [0.2, 0.25) is 5.91 Å². The Morgan fingerprint density at radius 1 is 1.12 bits per heavy atom. The highest BCUT2D eigenvalue weighted by Crippen LogP contribution is 2.38. The van der Waals surface area contributed by atoms with Crippen molar-refractivity contribution in [2.75, 3.05) is 23.1 Å². The predicted octanol–water partition coefficient (Wildman–Crippen LogP) is 6.77. The molecule has 3 aromatic carbocycles. The molecule has 3 aromatic rings. The molecule has 0 radical (unpaired) electrons. The standard InChI is InChI=1S/C28H22Cl2F3N5O4S/c1-41-26(40)23(36-18-9-11-19(12-10-18)42-28(31,32)33)13-22(34)17-7-5-16(6-8-17)14-35-37-27-38(24(39)15-43-27)25-20(29)3-2-4-21(25)30/h2-12,14,23,34,36H,13,15H2,1H3. The third-order valence-corrected chi connectivity index (χ3v) is 7.38. The van der Waals surface area contributed by atoms with Crippen molar-refractivity contribution >= 4 is 75.3 Å². The number of benzene rings is 3. The van der Waals surface area contributed by atoms with Crippen LogP contribution in [0.25, 0.3) is 0 Å². The fraction of sp³-hybridized carbons (Fsp3) is 0.179. The molecular formula is C28H22Cl2F3N5O4S. The number of nitrogens with zero attached hydrogens (tertiary/aromatic N) is 3. The first-order chi connectivity index (χ1) is 20.4. The van der Waals surface area contributed by atoms with Crippen LogP contribution in [-0.4, -0.2) is 54.2 Å². The van der Waals surface area contributed by atoms with Crippen molar-refractivity contribution in [1.82, 2.24) is 0 Å². The summed E-state index contributed by atoms with van der Waals surface area (Å²) in [6.07, 6.45) is -3.42. The van der Waals surface area contributed by atoms with Crippen molar-refractivity contribution in [3.63, 3.8) is 0 Å². The number of rotatable bonds is 10. The number of hydrogen-bond donors (Lipinski definition) is 2. The molecular weight excluding hydrogens is 630 g/mol. The number of ether oxygens (including phenoxy) is 2. The Morgan fingerprint density at radius 3 is 2.37 bits per heavy atom. The Morgan fingerprint density at radius 2 is 1.77 bits per heavy atom. The lowest BCUT2D eigenvalue weighted by molar-refractivity contribution is -0.274. The number of amides is 1. The van der Waals surface area contributed by atoms with Crippen molar-refractivity contribution in [2.45, 2.75) is 18.8 Å². The summed E-state index contributed by atoms with van der Waals surface area (Å²) in [7, 11) is 1.20. The number of amidine groups is 1. The minimum absolute atomic E-state index is 0.0692. The highest BCUT2D eigenvalue weighted by molar-refractivity contribution is 8.15. The molecule has 1 fully saturated rings. The number of halogens is 5. The first-order valence-corrected chi connectivity index (χ1v) is 14.1. The van der Waals surface area contributed by atoms with E-state index >= 15 is 0 Å². The Hall–Kier alpha value is -4.07. The van der Waals surface area contributed by atoms with E-state index < -0.39 is 24.1 Å². The van der Waals surface area contributed by atoms with Crippen LogP contribution in [0, 0.1) is 5.41 Å². The molecule has 2 N–H and O–H groups in total. The fourth-order valence-electron chi connectivity index (χ4n) is 3.89. The number of thioether (sulfide) groups is 1. The summed E-state index contributed by atoms with van der Waals surface area (Å²) in [6, 6.07) is 15.5. The highest BCUT2D eigenvalue weighted by Gasteiger charge is 2.33. The number of hydrogen-bond acceptors (Lipinski definition) is 9. The zero-order chi connectivity index (χ0) is 31.1. The summed E-state index contributed by atoms with van der Waals surface area (Å²) in [6.45, 7) is 0. The number of para-hydroxylation sites is 1. The van der Waals surface area contributed by atoms with E-state index in [9.17, 15) is 22.8 Å². The first-order valence-electron chi connectivity index (χ1n) is 12.3. The molecule has 0 saturated carbocycles. The summed E-state index contributed by atoms with van der Waals surface area (Å²) in [5, 5.41) is 20.6. The lowest BCUT2D eigenvalue weighted by Crippen LogP contribution is -2.33. The molecule has 1 amide bonds. The molecule has 43 heavy (non-hydrogen) atoms. The van der Waals surface area contributed by atoms with Gasteiger partial charge in [-0.3, -0.25) is 9.69 Å². The number of methoxy groups -OCH3 is 1. The van der Waals surface area contributed by atoms with Gasteiger partial charge in [-0.2, -0.15) is 5.10 Å². The number of carbonyl (C=O) groups excluding carboxylic acids is 2. The summed E-state index contributed by atoms with van der Waals surface area (Å²) >= 11 is 13.7. The number of anilines is 2. The molecule has 0 aromatic heterocycles. The molecule has 224 valence electrons. The zero-order valence-corrected chi connectivity index (χ0v) is 24.5. The molecule has 1 aliphatic heterocycles. The van der Waals surface area contributed by atoms with Crippen molar-refractivity contribution in [3.8, 4) is 5.75 Å². The molecule has 1 saturated heterocycles. The average molecular weight is 652 g/mol. The summed E-state index contributed by atoms with van der Waals surface area (Å²) < 4.78 is 45.9. The monoisotopic (exact) mass is 651 g/mol. The third-order valence-electron chi connectivity index (χ3n) is 5.86. The van der Waals surface area contributed by atoms with Gasteiger partial charge in [0.15, 0.2) is 5.17 Å². The van der Waals surface area contributed by atoms with Gasteiger partial charge in [0, 0.05) is 17.8 Å². The Bertz CT molecular complexity index is 1550. The Kier molecular flexibility index (Phi) is 10.3. The lowest BCUT2D eigenvalue weighted by atomic mass is 10.0. The molecule has 15 heteroatoms. The van der Waals surface area contributed by atoms with Gasteiger partial charge in [-0.25, -0.2) is 4.79 Å². The van der Waals surface area contributed by atoms with E-state index in [1.807, 2.05) is 0 Å². The molecule has 1 atom stereocenters. The van der Waals surface area contributed by atoms with E-state index in [0.717, 1.165) is 12.1 Å². The molecule has 9 nitrogen and oxygen atoms in total. The predicted molar refractivity (Wildman–Crippen MR) is 162 cm³/mol. The van der Waals surface area contributed by atoms with Gasteiger partial charge < -0.3 is 20.2 Å². The zero-order valence-electron chi connectivity index (χ0n) is 22.2. The van der Waals surface area contributed by atoms with E-state index in [1.54, 1.807) is 42.5 Å². The largest absolute Gasteiger partial charge is 0.573 e. The second-order valence-corrected chi connectivity index (χ2v) is 10.6. The van der Waals surface area contributed by atoms with Crippen LogP contribution in [0.1, 0.15) is 17.5 Å². The average Bonchev–Trinajstić information content (AvgIpc) is 3.32. The summed E-state index contributed by atoms with van der Waals surface area (Å²) in [5.41, 5.74) is 1.95. The van der Waals surface area contributed by atoms with Crippen molar-refractivity contribution < 1.29 is 32.2 Å². The summed E-state index contributed by atoms with van der Waals surface area (Å²) in [4.78, 5) is 26.2. The van der Waals surface area contributed by atoms with Crippen LogP contribution in [0.15, 0.2) is 76.9 Å². The minimum Gasteiger partial charge on any atom is -0.467 e. The van der Waals surface area contributed by atoms with Crippen LogP contribution in [0.2, 0.25) is 10.0 Å². The van der Waals surface area contributed by atoms with Gasteiger partial charge in [-0.15, -0.1) is 18.3 Å². The SMILES string of the molecule is COC(=O)C(CC(=N)c1ccc(C=NN=C2SCC(=O)N2c2c(Cl)cccc2Cl)cc1)Nc1ccc(OC(F)(F)F)cc1. The van der Waals surface area contributed by atoms with E-state index in [0.29, 0.717) is 37.7 Å². The van der Waals surface area contributed by atoms with Gasteiger partial charge in [0.1, 0.15) is 11.8 Å². The van der Waals surface area contributed by atoms with Crippen LogP contribution in [0.3, 0.4) is 0 Å². The van der Waals surface area contributed by atoms with E-state index in [1.165, 1.54) is 42.1 Å². The smallest absolute Gasteiger partial charge is 0.467 e. The fourth-order valence-corrected chi connectivity index (χ4v) is 5.26. The van der Waals surface area contributed by atoms with E-state index in [4.69, 9.17) is 33.3 Å².